The lowest BCUT2D eigenvalue weighted by molar-refractivity contribution is 0.190. The Labute approximate surface area is 192 Å². The van der Waals surface area contributed by atoms with Crippen molar-refractivity contribution in [1.82, 2.24) is 34.7 Å². The largest absolute Gasteiger partial charge is 0.481 e. The zero-order valence-corrected chi connectivity index (χ0v) is 18.9. The molecule has 1 saturated heterocycles. The topological polar surface area (TPSA) is 107 Å². The standard InChI is InChI=1S/C23H29N7O3/c1-32-20-5-4-18-22(28-20)30(21(31)15-25-18)11-10-29-8-6-17(7-9-29)24-14-19-26-13-16-3-2-12-33-23(16)27-19/h4-5,13,15,17,24H,2-3,6-12,14H2,1H3. The number of hydrogen-bond acceptors (Lipinski definition) is 9. The Kier molecular flexibility index (Phi) is 6.45. The minimum absolute atomic E-state index is 0.145. The molecule has 3 aromatic heterocycles. The minimum Gasteiger partial charge on any atom is -0.481 e. The van der Waals surface area contributed by atoms with E-state index in [0.29, 0.717) is 36.2 Å². The van der Waals surface area contributed by atoms with Crippen LogP contribution in [0, 0.1) is 0 Å². The molecule has 10 heteroatoms. The zero-order chi connectivity index (χ0) is 22.6. The Morgan fingerprint density at radius 3 is 2.88 bits per heavy atom. The van der Waals surface area contributed by atoms with E-state index in [9.17, 15) is 4.79 Å². The molecule has 0 saturated carbocycles. The number of hydrogen-bond donors (Lipinski definition) is 1. The fourth-order valence-corrected chi connectivity index (χ4v) is 4.43. The quantitative estimate of drug-likeness (QED) is 0.566. The van der Waals surface area contributed by atoms with Gasteiger partial charge in [0.25, 0.3) is 5.56 Å². The fourth-order valence-electron chi connectivity index (χ4n) is 4.43. The van der Waals surface area contributed by atoms with E-state index in [1.165, 1.54) is 6.20 Å². The number of aryl methyl sites for hydroxylation is 1. The molecule has 1 N–H and O–H groups in total. The smallest absolute Gasteiger partial charge is 0.270 e. The Morgan fingerprint density at radius 2 is 2.03 bits per heavy atom. The molecule has 2 aliphatic heterocycles. The lowest BCUT2D eigenvalue weighted by Crippen LogP contribution is -2.43. The summed E-state index contributed by atoms with van der Waals surface area (Å²) in [5, 5.41) is 3.59. The maximum Gasteiger partial charge on any atom is 0.270 e. The van der Waals surface area contributed by atoms with E-state index in [-0.39, 0.29) is 5.56 Å². The molecule has 174 valence electrons. The summed E-state index contributed by atoms with van der Waals surface area (Å²) in [4.78, 5) is 32.5. The number of likely N-dealkylation sites (tertiary alicyclic amines) is 1. The van der Waals surface area contributed by atoms with Crippen molar-refractivity contribution in [2.24, 2.45) is 0 Å². The monoisotopic (exact) mass is 451 g/mol. The number of pyridine rings is 1. The molecule has 0 amide bonds. The molecule has 0 aromatic carbocycles. The van der Waals surface area contributed by atoms with E-state index in [1.807, 2.05) is 12.3 Å². The summed E-state index contributed by atoms with van der Waals surface area (Å²) in [7, 11) is 1.57. The third kappa shape index (κ3) is 4.96. The number of nitrogens with one attached hydrogen (secondary N) is 1. The van der Waals surface area contributed by atoms with Crippen molar-refractivity contribution in [1.29, 1.82) is 0 Å². The third-order valence-electron chi connectivity index (χ3n) is 6.35. The SMILES string of the molecule is COc1ccc2ncc(=O)n(CCN3CCC(NCc4ncc5c(n4)OCCC5)CC3)c2n1. The van der Waals surface area contributed by atoms with Gasteiger partial charge in [-0.2, -0.15) is 9.97 Å². The Bertz CT molecular complexity index is 1170. The van der Waals surface area contributed by atoms with Crippen LogP contribution in [-0.4, -0.2) is 68.8 Å². The minimum atomic E-state index is -0.145. The van der Waals surface area contributed by atoms with Gasteiger partial charge in [0, 0.05) is 37.0 Å². The van der Waals surface area contributed by atoms with Crippen molar-refractivity contribution in [3.63, 3.8) is 0 Å². The molecule has 33 heavy (non-hydrogen) atoms. The highest BCUT2D eigenvalue weighted by molar-refractivity contribution is 5.70. The van der Waals surface area contributed by atoms with Gasteiger partial charge in [-0.25, -0.2) is 9.97 Å². The van der Waals surface area contributed by atoms with E-state index < -0.39 is 0 Å². The Morgan fingerprint density at radius 1 is 1.15 bits per heavy atom. The summed E-state index contributed by atoms with van der Waals surface area (Å²) in [6.45, 7) is 4.68. The Hall–Kier alpha value is -3.11. The van der Waals surface area contributed by atoms with Crippen molar-refractivity contribution >= 4 is 11.2 Å². The number of nitrogens with zero attached hydrogens (tertiary/aromatic N) is 6. The number of methoxy groups -OCH3 is 1. The molecular formula is C23H29N7O3. The average Bonchev–Trinajstić information content (AvgIpc) is 2.87. The molecule has 0 atom stereocenters. The average molecular weight is 452 g/mol. The maximum absolute atomic E-state index is 12.4. The van der Waals surface area contributed by atoms with Gasteiger partial charge in [0.05, 0.1) is 26.5 Å². The highest BCUT2D eigenvalue weighted by Crippen LogP contribution is 2.21. The third-order valence-corrected chi connectivity index (χ3v) is 6.35. The number of fused-ring (bicyclic) bond motifs is 2. The molecule has 5 rings (SSSR count). The molecule has 0 unspecified atom stereocenters. The van der Waals surface area contributed by atoms with Gasteiger partial charge in [-0.05, 0) is 44.8 Å². The first-order valence-corrected chi connectivity index (χ1v) is 11.5. The summed E-state index contributed by atoms with van der Waals surface area (Å²) in [6.07, 6.45) is 7.37. The first-order chi connectivity index (χ1) is 16.2. The van der Waals surface area contributed by atoms with Crippen LogP contribution < -0.4 is 20.3 Å². The summed E-state index contributed by atoms with van der Waals surface area (Å²) < 4.78 is 12.6. The van der Waals surface area contributed by atoms with Gasteiger partial charge in [-0.1, -0.05) is 0 Å². The van der Waals surface area contributed by atoms with Crippen molar-refractivity contribution in [2.45, 2.75) is 44.8 Å². The van der Waals surface area contributed by atoms with Crippen molar-refractivity contribution in [3.8, 4) is 11.8 Å². The van der Waals surface area contributed by atoms with E-state index >= 15 is 0 Å². The van der Waals surface area contributed by atoms with Gasteiger partial charge in [-0.3, -0.25) is 9.36 Å². The van der Waals surface area contributed by atoms with Crippen LogP contribution in [0.15, 0.2) is 29.3 Å². The molecule has 0 spiro atoms. The van der Waals surface area contributed by atoms with Gasteiger partial charge < -0.3 is 19.7 Å². The van der Waals surface area contributed by atoms with Gasteiger partial charge >= 0.3 is 0 Å². The predicted octanol–water partition coefficient (Wildman–Crippen LogP) is 1.17. The summed E-state index contributed by atoms with van der Waals surface area (Å²) in [6, 6.07) is 4.01. The Balaban J connectivity index is 1.13. The molecule has 2 aliphatic rings. The van der Waals surface area contributed by atoms with Crippen LogP contribution in [0.25, 0.3) is 11.2 Å². The second kappa shape index (κ2) is 9.80. The molecule has 0 aliphatic carbocycles. The number of rotatable bonds is 7. The van der Waals surface area contributed by atoms with Crippen LogP contribution in [0.5, 0.6) is 11.8 Å². The predicted molar refractivity (Wildman–Crippen MR) is 122 cm³/mol. The number of ether oxygens (including phenoxy) is 2. The summed E-state index contributed by atoms with van der Waals surface area (Å²) in [5.41, 5.74) is 2.21. The van der Waals surface area contributed by atoms with Gasteiger partial charge in [0.2, 0.25) is 11.8 Å². The highest BCUT2D eigenvalue weighted by atomic mass is 16.5. The van der Waals surface area contributed by atoms with Crippen molar-refractivity contribution in [2.75, 3.05) is 33.4 Å². The van der Waals surface area contributed by atoms with Crippen molar-refractivity contribution < 1.29 is 9.47 Å². The molecular weight excluding hydrogens is 422 g/mol. The first-order valence-electron chi connectivity index (χ1n) is 11.5. The maximum atomic E-state index is 12.4. The van der Waals surface area contributed by atoms with E-state index in [0.717, 1.165) is 69.2 Å². The van der Waals surface area contributed by atoms with Crippen LogP contribution in [0.1, 0.15) is 30.7 Å². The highest BCUT2D eigenvalue weighted by Gasteiger charge is 2.20. The van der Waals surface area contributed by atoms with Crippen LogP contribution in [0.2, 0.25) is 0 Å². The van der Waals surface area contributed by atoms with E-state index in [1.54, 1.807) is 17.7 Å². The van der Waals surface area contributed by atoms with E-state index in [4.69, 9.17) is 9.47 Å². The normalized spacial score (nSPS) is 17.0. The van der Waals surface area contributed by atoms with Crippen molar-refractivity contribution in [3.05, 3.63) is 46.3 Å². The molecule has 1 fully saturated rings. The fraction of sp³-hybridized carbons (Fsp3) is 0.522. The lowest BCUT2D eigenvalue weighted by Gasteiger charge is -2.32. The van der Waals surface area contributed by atoms with Crippen LogP contribution in [-0.2, 0) is 19.5 Å². The number of aromatic nitrogens is 5. The lowest BCUT2D eigenvalue weighted by atomic mass is 10.1. The van der Waals surface area contributed by atoms with Gasteiger partial charge in [0.1, 0.15) is 11.3 Å². The zero-order valence-electron chi connectivity index (χ0n) is 18.9. The first kappa shape index (κ1) is 21.7. The van der Waals surface area contributed by atoms with Gasteiger partial charge in [0.15, 0.2) is 5.65 Å². The molecule has 0 radical (unpaired) electrons. The molecule has 5 heterocycles. The van der Waals surface area contributed by atoms with Crippen LogP contribution in [0.3, 0.4) is 0 Å². The second-order valence-corrected chi connectivity index (χ2v) is 8.51. The molecule has 3 aromatic rings. The summed E-state index contributed by atoms with van der Waals surface area (Å²) in [5.74, 6) is 2.00. The second-order valence-electron chi connectivity index (χ2n) is 8.51. The molecule has 10 nitrogen and oxygen atoms in total. The van der Waals surface area contributed by atoms with E-state index in [2.05, 4.69) is 30.2 Å². The van der Waals surface area contributed by atoms with Crippen LogP contribution >= 0.6 is 0 Å². The van der Waals surface area contributed by atoms with Gasteiger partial charge in [-0.15, -0.1) is 0 Å². The molecule has 0 bridgehead atoms. The summed E-state index contributed by atoms with van der Waals surface area (Å²) >= 11 is 0. The number of piperidine rings is 1. The van der Waals surface area contributed by atoms with Crippen LogP contribution in [0.4, 0.5) is 0 Å².